The van der Waals surface area contributed by atoms with Crippen LogP contribution in [0, 0.1) is 6.92 Å². The summed E-state index contributed by atoms with van der Waals surface area (Å²) in [6, 6.07) is 0. The maximum absolute atomic E-state index is 9.86. The van der Waals surface area contributed by atoms with E-state index in [0.717, 1.165) is 24.4 Å². The van der Waals surface area contributed by atoms with Crippen LogP contribution in [0.2, 0.25) is 0 Å². The second-order valence-electron chi connectivity index (χ2n) is 5.22. The summed E-state index contributed by atoms with van der Waals surface area (Å²) in [6.07, 6.45) is 8.01. The normalized spacial score (nSPS) is 18.6. The van der Waals surface area contributed by atoms with E-state index in [4.69, 9.17) is 4.74 Å². The third-order valence-corrected chi connectivity index (χ3v) is 4.34. The number of hydrogen-bond donors (Lipinski definition) is 2. The summed E-state index contributed by atoms with van der Waals surface area (Å²) in [4.78, 5) is 5.41. The molecule has 1 fully saturated rings. The van der Waals surface area contributed by atoms with Gasteiger partial charge in [-0.3, -0.25) is 0 Å². The number of aryl methyl sites for hydroxylation is 1. The Morgan fingerprint density at radius 3 is 2.95 bits per heavy atom. The van der Waals surface area contributed by atoms with E-state index in [0.29, 0.717) is 19.3 Å². The molecule has 2 N–H and O–H groups in total. The molecule has 108 valence electrons. The number of thiazole rings is 1. The summed E-state index contributed by atoms with van der Waals surface area (Å²) < 4.78 is 5.75. The Morgan fingerprint density at radius 1 is 1.47 bits per heavy atom. The average Bonchev–Trinajstić information content (AvgIpc) is 2.83. The van der Waals surface area contributed by atoms with Gasteiger partial charge in [0.2, 0.25) is 0 Å². The van der Waals surface area contributed by atoms with Crippen LogP contribution in [0.15, 0.2) is 6.20 Å². The topological polar surface area (TPSA) is 54.4 Å². The zero-order valence-corrected chi connectivity index (χ0v) is 12.4. The van der Waals surface area contributed by atoms with Gasteiger partial charge in [0.05, 0.1) is 23.8 Å². The van der Waals surface area contributed by atoms with Crippen LogP contribution in [0.3, 0.4) is 0 Å². The van der Waals surface area contributed by atoms with Crippen molar-refractivity contribution in [3.05, 3.63) is 16.1 Å². The van der Waals surface area contributed by atoms with Crippen molar-refractivity contribution in [2.45, 2.75) is 57.8 Å². The van der Waals surface area contributed by atoms with Crippen molar-refractivity contribution in [2.24, 2.45) is 0 Å². The number of nitrogens with one attached hydrogen (secondary N) is 1. The summed E-state index contributed by atoms with van der Waals surface area (Å²) in [5, 5.41) is 14.2. The molecule has 1 saturated carbocycles. The lowest BCUT2D eigenvalue weighted by Crippen LogP contribution is -2.32. The summed E-state index contributed by atoms with van der Waals surface area (Å²) >= 11 is 1.69. The largest absolute Gasteiger partial charge is 0.389 e. The second kappa shape index (κ2) is 7.94. The zero-order valence-electron chi connectivity index (χ0n) is 11.6. The van der Waals surface area contributed by atoms with Crippen LogP contribution in [0.1, 0.15) is 42.0 Å². The summed E-state index contributed by atoms with van der Waals surface area (Å²) in [5.74, 6) is 0. The van der Waals surface area contributed by atoms with E-state index in [-0.39, 0.29) is 0 Å². The first kappa shape index (κ1) is 14.9. The standard InChI is InChI=1S/C14H24N2O2S/c1-11-16-9-14(19-11)8-15-7-12(17)10-18-13-5-3-2-4-6-13/h9,12-13,15,17H,2-8,10H2,1H3. The number of aliphatic hydroxyl groups is 1. The number of aromatic nitrogens is 1. The summed E-state index contributed by atoms with van der Waals surface area (Å²) in [6.45, 7) is 3.79. The first-order valence-electron chi connectivity index (χ1n) is 7.15. The molecule has 0 bridgehead atoms. The molecule has 1 aromatic rings. The van der Waals surface area contributed by atoms with Gasteiger partial charge in [0.15, 0.2) is 0 Å². The third-order valence-electron chi connectivity index (χ3n) is 3.42. The number of hydrogen-bond acceptors (Lipinski definition) is 5. The SMILES string of the molecule is Cc1ncc(CNCC(O)COC2CCCCC2)s1. The highest BCUT2D eigenvalue weighted by atomic mass is 32.1. The van der Waals surface area contributed by atoms with Gasteiger partial charge in [0, 0.05) is 24.2 Å². The first-order valence-corrected chi connectivity index (χ1v) is 7.97. The van der Waals surface area contributed by atoms with E-state index >= 15 is 0 Å². The molecular weight excluding hydrogens is 260 g/mol. The van der Waals surface area contributed by atoms with Crippen LogP contribution in [0.4, 0.5) is 0 Å². The van der Waals surface area contributed by atoms with Gasteiger partial charge in [-0.15, -0.1) is 11.3 Å². The molecule has 1 atom stereocenters. The number of aliphatic hydroxyl groups excluding tert-OH is 1. The Balaban J connectivity index is 1.55. The molecule has 0 saturated heterocycles. The van der Waals surface area contributed by atoms with Crippen molar-refractivity contribution < 1.29 is 9.84 Å². The predicted molar refractivity (Wildman–Crippen MR) is 77.4 cm³/mol. The molecule has 0 radical (unpaired) electrons. The van der Waals surface area contributed by atoms with Crippen molar-refractivity contribution >= 4 is 11.3 Å². The van der Waals surface area contributed by atoms with Crippen molar-refractivity contribution in [1.29, 1.82) is 0 Å². The smallest absolute Gasteiger partial charge is 0.0897 e. The van der Waals surface area contributed by atoms with Gasteiger partial charge < -0.3 is 15.2 Å². The van der Waals surface area contributed by atoms with Gasteiger partial charge in [-0.05, 0) is 19.8 Å². The molecule has 1 unspecified atom stereocenters. The number of rotatable bonds is 7. The van der Waals surface area contributed by atoms with Gasteiger partial charge in [-0.2, -0.15) is 0 Å². The highest BCUT2D eigenvalue weighted by molar-refractivity contribution is 7.11. The number of ether oxygens (including phenoxy) is 1. The van der Waals surface area contributed by atoms with Gasteiger partial charge in [0.25, 0.3) is 0 Å². The Labute approximate surface area is 119 Å². The van der Waals surface area contributed by atoms with Crippen molar-refractivity contribution in [1.82, 2.24) is 10.3 Å². The molecule has 5 heteroatoms. The van der Waals surface area contributed by atoms with Gasteiger partial charge in [-0.1, -0.05) is 19.3 Å². The van der Waals surface area contributed by atoms with E-state index < -0.39 is 6.10 Å². The number of nitrogens with zero attached hydrogens (tertiary/aromatic N) is 1. The molecule has 0 amide bonds. The molecule has 1 aliphatic rings. The van der Waals surface area contributed by atoms with Gasteiger partial charge in [-0.25, -0.2) is 4.98 Å². The van der Waals surface area contributed by atoms with Crippen molar-refractivity contribution in [3.63, 3.8) is 0 Å². The van der Waals surface area contributed by atoms with E-state index in [1.165, 1.54) is 24.1 Å². The van der Waals surface area contributed by atoms with Gasteiger partial charge >= 0.3 is 0 Å². The minimum Gasteiger partial charge on any atom is -0.389 e. The molecular formula is C14H24N2O2S. The minimum atomic E-state index is -0.420. The minimum absolute atomic E-state index is 0.368. The maximum atomic E-state index is 9.86. The lowest BCUT2D eigenvalue weighted by atomic mass is 9.98. The van der Waals surface area contributed by atoms with Crippen molar-refractivity contribution in [3.8, 4) is 0 Å². The fourth-order valence-electron chi connectivity index (χ4n) is 2.39. The van der Waals surface area contributed by atoms with E-state index in [1.807, 2.05) is 13.1 Å². The Morgan fingerprint density at radius 2 is 2.26 bits per heavy atom. The molecule has 19 heavy (non-hydrogen) atoms. The van der Waals surface area contributed by atoms with E-state index in [9.17, 15) is 5.11 Å². The van der Waals surface area contributed by atoms with Crippen molar-refractivity contribution in [2.75, 3.05) is 13.2 Å². The molecule has 1 heterocycles. The van der Waals surface area contributed by atoms with E-state index in [1.54, 1.807) is 11.3 Å². The zero-order chi connectivity index (χ0) is 13.5. The molecule has 4 nitrogen and oxygen atoms in total. The molecule has 1 aliphatic carbocycles. The lowest BCUT2D eigenvalue weighted by Gasteiger charge is -2.23. The maximum Gasteiger partial charge on any atom is 0.0897 e. The van der Waals surface area contributed by atoms with Crippen LogP contribution in [-0.2, 0) is 11.3 Å². The fraction of sp³-hybridized carbons (Fsp3) is 0.786. The first-order chi connectivity index (χ1) is 9.24. The molecule has 0 spiro atoms. The molecule has 2 rings (SSSR count). The third kappa shape index (κ3) is 5.57. The predicted octanol–water partition coefficient (Wildman–Crippen LogP) is 2.25. The molecule has 0 aromatic carbocycles. The summed E-state index contributed by atoms with van der Waals surface area (Å²) in [7, 11) is 0. The van der Waals surface area contributed by atoms with Crippen LogP contribution in [0.25, 0.3) is 0 Å². The quantitative estimate of drug-likeness (QED) is 0.806. The Hall–Kier alpha value is -0.490. The second-order valence-corrected chi connectivity index (χ2v) is 6.54. The van der Waals surface area contributed by atoms with E-state index in [2.05, 4.69) is 10.3 Å². The monoisotopic (exact) mass is 284 g/mol. The van der Waals surface area contributed by atoms with Crippen LogP contribution < -0.4 is 5.32 Å². The van der Waals surface area contributed by atoms with Crippen LogP contribution in [-0.4, -0.2) is 35.5 Å². The molecule has 1 aromatic heterocycles. The Kier molecular flexibility index (Phi) is 6.23. The summed E-state index contributed by atoms with van der Waals surface area (Å²) in [5.41, 5.74) is 0. The van der Waals surface area contributed by atoms with Crippen LogP contribution >= 0.6 is 11.3 Å². The Bertz CT molecular complexity index is 364. The lowest BCUT2D eigenvalue weighted by molar-refractivity contribution is -0.0230. The van der Waals surface area contributed by atoms with Gasteiger partial charge in [0.1, 0.15) is 0 Å². The average molecular weight is 284 g/mol. The highest BCUT2D eigenvalue weighted by Crippen LogP contribution is 2.20. The molecule has 0 aliphatic heterocycles. The highest BCUT2D eigenvalue weighted by Gasteiger charge is 2.15. The van der Waals surface area contributed by atoms with Crippen LogP contribution in [0.5, 0.6) is 0 Å². The fourth-order valence-corrected chi connectivity index (χ4v) is 3.15.